The van der Waals surface area contributed by atoms with Crippen LogP contribution in [0.1, 0.15) is 27.2 Å². The van der Waals surface area contributed by atoms with Gasteiger partial charge in [-0.3, -0.25) is 4.79 Å². The molecule has 2 aromatic rings. The summed E-state index contributed by atoms with van der Waals surface area (Å²) < 4.78 is 15.8. The Labute approximate surface area is 116 Å². The second kappa shape index (κ2) is 4.92. The number of nitrogens with one attached hydrogen (secondary N) is 1. The van der Waals surface area contributed by atoms with Gasteiger partial charge in [0.1, 0.15) is 5.76 Å². The number of fused-ring (bicyclic) bond motifs is 1. The van der Waals surface area contributed by atoms with Crippen LogP contribution in [-0.2, 0) is 6.54 Å². The van der Waals surface area contributed by atoms with E-state index >= 15 is 0 Å². The van der Waals surface area contributed by atoms with Crippen molar-refractivity contribution < 1.29 is 18.7 Å². The minimum Gasteiger partial charge on any atom is -0.469 e. The zero-order chi connectivity index (χ0) is 14.1. The number of amides is 1. The summed E-state index contributed by atoms with van der Waals surface area (Å²) in [5.41, 5.74) is 2.40. The largest absolute Gasteiger partial charge is 0.469 e. The van der Waals surface area contributed by atoms with Crippen LogP contribution in [0.2, 0.25) is 0 Å². The first-order valence-electron chi connectivity index (χ1n) is 6.36. The van der Waals surface area contributed by atoms with Gasteiger partial charge in [0.15, 0.2) is 11.5 Å². The lowest BCUT2D eigenvalue weighted by atomic mass is 10.1. The van der Waals surface area contributed by atoms with Gasteiger partial charge in [0.05, 0.1) is 11.8 Å². The minimum atomic E-state index is -0.133. The van der Waals surface area contributed by atoms with E-state index in [0.717, 1.165) is 16.9 Å². The van der Waals surface area contributed by atoms with Gasteiger partial charge in [-0.05, 0) is 31.5 Å². The number of hydrogen-bond acceptors (Lipinski definition) is 4. The summed E-state index contributed by atoms with van der Waals surface area (Å²) >= 11 is 0. The van der Waals surface area contributed by atoms with Gasteiger partial charge in [-0.1, -0.05) is 6.07 Å². The molecule has 3 rings (SSSR count). The van der Waals surface area contributed by atoms with Crippen molar-refractivity contribution in [3.8, 4) is 11.5 Å². The summed E-state index contributed by atoms with van der Waals surface area (Å²) in [5.74, 6) is 1.95. The molecule has 0 radical (unpaired) electrons. The van der Waals surface area contributed by atoms with Crippen molar-refractivity contribution in [3.63, 3.8) is 0 Å². The minimum absolute atomic E-state index is 0.133. The van der Waals surface area contributed by atoms with Gasteiger partial charge in [0.2, 0.25) is 6.79 Å². The molecule has 0 fully saturated rings. The summed E-state index contributed by atoms with van der Waals surface area (Å²) in [6, 6.07) is 5.62. The van der Waals surface area contributed by atoms with Crippen molar-refractivity contribution in [1.82, 2.24) is 5.32 Å². The van der Waals surface area contributed by atoms with Gasteiger partial charge >= 0.3 is 0 Å². The van der Waals surface area contributed by atoms with E-state index in [1.807, 2.05) is 25.1 Å². The lowest BCUT2D eigenvalue weighted by Crippen LogP contribution is -2.23. The summed E-state index contributed by atoms with van der Waals surface area (Å²) in [4.78, 5) is 12.1. The third-order valence-electron chi connectivity index (χ3n) is 3.28. The normalized spacial score (nSPS) is 12.5. The molecule has 20 heavy (non-hydrogen) atoms. The van der Waals surface area contributed by atoms with Crippen LogP contribution in [0.15, 0.2) is 28.9 Å². The molecule has 0 saturated carbocycles. The molecule has 0 bridgehead atoms. The lowest BCUT2D eigenvalue weighted by molar-refractivity contribution is 0.0949. The third kappa shape index (κ3) is 2.22. The quantitative estimate of drug-likeness (QED) is 0.933. The fourth-order valence-electron chi connectivity index (χ4n) is 2.23. The monoisotopic (exact) mass is 273 g/mol. The van der Waals surface area contributed by atoms with Crippen LogP contribution in [0, 0.1) is 13.8 Å². The van der Waals surface area contributed by atoms with Crippen LogP contribution in [0.25, 0.3) is 0 Å². The number of carbonyl (C=O) groups is 1. The van der Waals surface area contributed by atoms with E-state index in [-0.39, 0.29) is 12.7 Å². The van der Waals surface area contributed by atoms with Gasteiger partial charge in [0, 0.05) is 12.1 Å². The predicted octanol–water partition coefficient (Wildman–Crippen LogP) is 2.56. The topological polar surface area (TPSA) is 60.7 Å². The molecule has 5 heteroatoms. The lowest BCUT2D eigenvalue weighted by Gasteiger charge is -2.06. The Bertz CT molecular complexity index is 640. The first-order chi connectivity index (χ1) is 9.65. The highest BCUT2D eigenvalue weighted by Gasteiger charge is 2.16. The molecular weight excluding hydrogens is 258 g/mol. The van der Waals surface area contributed by atoms with Crippen molar-refractivity contribution >= 4 is 5.91 Å². The number of carbonyl (C=O) groups excluding carboxylic acids is 1. The first-order valence-corrected chi connectivity index (χ1v) is 6.36. The molecule has 1 N–H and O–H groups in total. The Morgan fingerprint density at radius 2 is 2.05 bits per heavy atom. The number of hydrogen-bond donors (Lipinski definition) is 1. The number of benzene rings is 1. The summed E-state index contributed by atoms with van der Waals surface area (Å²) in [6.07, 6.45) is 1.59. The van der Waals surface area contributed by atoms with Crippen molar-refractivity contribution in [3.05, 3.63) is 46.9 Å². The number of ether oxygens (including phenoxy) is 2. The average Bonchev–Trinajstić information content (AvgIpc) is 3.02. The molecule has 104 valence electrons. The van der Waals surface area contributed by atoms with Crippen LogP contribution in [0.4, 0.5) is 0 Å². The van der Waals surface area contributed by atoms with E-state index in [2.05, 4.69) is 5.32 Å². The molecule has 0 aliphatic carbocycles. The van der Waals surface area contributed by atoms with E-state index in [1.165, 1.54) is 0 Å². The Kier molecular flexibility index (Phi) is 3.10. The molecule has 0 saturated heterocycles. The molecule has 1 aromatic heterocycles. The molecule has 1 aromatic carbocycles. The smallest absolute Gasteiger partial charge is 0.255 e. The van der Waals surface area contributed by atoms with E-state index in [4.69, 9.17) is 13.9 Å². The third-order valence-corrected chi connectivity index (χ3v) is 3.28. The van der Waals surface area contributed by atoms with Crippen LogP contribution < -0.4 is 14.8 Å². The van der Waals surface area contributed by atoms with E-state index in [1.54, 1.807) is 13.2 Å². The second-order valence-electron chi connectivity index (χ2n) is 4.72. The standard InChI is InChI=1S/C15H15NO4/c1-9-7-18-10(2)14(9)15(17)16-6-11-3-4-12-13(5-11)20-8-19-12/h3-5,7H,6,8H2,1-2H3,(H,16,17). The fourth-order valence-corrected chi connectivity index (χ4v) is 2.23. The Morgan fingerprint density at radius 3 is 2.80 bits per heavy atom. The Balaban J connectivity index is 1.69. The van der Waals surface area contributed by atoms with Crippen molar-refractivity contribution in [1.29, 1.82) is 0 Å². The summed E-state index contributed by atoms with van der Waals surface area (Å²) in [6.45, 7) is 4.31. The van der Waals surface area contributed by atoms with Crippen LogP contribution in [-0.4, -0.2) is 12.7 Å². The highest BCUT2D eigenvalue weighted by Crippen LogP contribution is 2.32. The highest BCUT2D eigenvalue weighted by molar-refractivity contribution is 5.96. The van der Waals surface area contributed by atoms with Gasteiger partial charge < -0.3 is 19.2 Å². The van der Waals surface area contributed by atoms with E-state index < -0.39 is 0 Å². The van der Waals surface area contributed by atoms with Crippen molar-refractivity contribution in [2.24, 2.45) is 0 Å². The maximum atomic E-state index is 12.1. The van der Waals surface area contributed by atoms with Gasteiger partial charge in [0.25, 0.3) is 5.91 Å². The van der Waals surface area contributed by atoms with Crippen LogP contribution in [0.3, 0.4) is 0 Å². The van der Waals surface area contributed by atoms with E-state index in [9.17, 15) is 4.79 Å². The fraction of sp³-hybridized carbons (Fsp3) is 0.267. The summed E-state index contributed by atoms with van der Waals surface area (Å²) in [7, 11) is 0. The molecule has 0 spiro atoms. The summed E-state index contributed by atoms with van der Waals surface area (Å²) in [5, 5.41) is 2.88. The molecule has 1 aliphatic heterocycles. The van der Waals surface area contributed by atoms with Crippen molar-refractivity contribution in [2.75, 3.05) is 6.79 Å². The molecule has 5 nitrogen and oxygen atoms in total. The average molecular weight is 273 g/mol. The Hall–Kier alpha value is -2.43. The predicted molar refractivity (Wildman–Crippen MR) is 71.9 cm³/mol. The maximum Gasteiger partial charge on any atom is 0.255 e. The molecule has 0 atom stereocenters. The zero-order valence-electron chi connectivity index (χ0n) is 11.4. The van der Waals surface area contributed by atoms with Gasteiger partial charge in [-0.25, -0.2) is 0 Å². The van der Waals surface area contributed by atoms with Crippen molar-refractivity contribution in [2.45, 2.75) is 20.4 Å². The molecule has 1 amide bonds. The molecular formula is C15H15NO4. The number of rotatable bonds is 3. The Morgan fingerprint density at radius 1 is 1.25 bits per heavy atom. The van der Waals surface area contributed by atoms with Gasteiger partial charge in [-0.2, -0.15) is 0 Å². The number of furan rings is 1. The molecule has 2 heterocycles. The second-order valence-corrected chi connectivity index (χ2v) is 4.72. The molecule has 1 aliphatic rings. The van der Waals surface area contributed by atoms with Gasteiger partial charge in [-0.15, -0.1) is 0 Å². The van der Waals surface area contributed by atoms with Crippen LogP contribution >= 0.6 is 0 Å². The van der Waals surface area contributed by atoms with E-state index in [0.29, 0.717) is 23.6 Å². The SMILES string of the molecule is Cc1coc(C)c1C(=O)NCc1ccc2c(c1)OCO2. The zero-order valence-corrected chi connectivity index (χ0v) is 11.4. The highest BCUT2D eigenvalue weighted by atomic mass is 16.7. The first kappa shape index (κ1) is 12.6. The van der Waals surface area contributed by atoms with Crippen LogP contribution in [0.5, 0.6) is 11.5 Å². The number of aryl methyl sites for hydroxylation is 2. The maximum absolute atomic E-state index is 12.1. The molecule has 0 unspecified atom stereocenters.